The SMILES string of the molecule is C=CC(=O)OOCC(O)Oc1ccc(C(C)(C)c2ccc(OC(O)COOC(=O)C=C)cc2)cc1. The number of carbonyl (C=O) groups is 2. The van der Waals surface area contributed by atoms with Crippen molar-refractivity contribution in [1.82, 2.24) is 0 Å². The van der Waals surface area contributed by atoms with Crippen LogP contribution in [0.3, 0.4) is 0 Å². The Morgan fingerprint density at radius 2 is 1.11 bits per heavy atom. The Balaban J connectivity index is 1.91. The highest BCUT2D eigenvalue weighted by Gasteiger charge is 2.23. The molecule has 2 unspecified atom stereocenters. The van der Waals surface area contributed by atoms with Gasteiger partial charge in [0.05, 0.1) is 0 Å². The monoisotopic (exact) mass is 488 g/mol. The highest BCUT2D eigenvalue weighted by Crippen LogP contribution is 2.33. The molecule has 0 aliphatic heterocycles. The highest BCUT2D eigenvalue weighted by molar-refractivity contribution is 5.80. The van der Waals surface area contributed by atoms with E-state index in [4.69, 9.17) is 9.47 Å². The first-order chi connectivity index (χ1) is 16.6. The molecule has 10 nitrogen and oxygen atoms in total. The molecule has 0 saturated carbocycles. The molecule has 188 valence electrons. The Kier molecular flexibility index (Phi) is 10.4. The summed E-state index contributed by atoms with van der Waals surface area (Å²) in [6.45, 7) is 9.77. The molecule has 0 saturated heterocycles. The smallest absolute Gasteiger partial charge is 0.365 e. The zero-order chi connectivity index (χ0) is 25.8. The van der Waals surface area contributed by atoms with Crippen LogP contribution in [0.2, 0.25) is 0 Å². The zero-order valence-electron chi connectivity index (χ0n) is 19.4. The first-order valence-corrected chi connectivity index (χ1v) is 10.5. The van der Waals surface area contributed by atoms with Gasteiger partial charge in [0.1, 0.15) is 11.5 Å². The van der Waals surface area contributed by atoms with E-state index < -0.39 is 29.9 Å². The van der Waals surface area contributed by atoms with E-state index in [1.165, 1.54) is 0 Å². The van der Waals surface area contributed by atoms with Crippen molar-refractivity contribution < 1.29 is 48.8 Å². The van der Waals surface area contributed by atoms with Gasteiger partial charge >= 0.3 is 11.9 Å². The first kappa shape index (κ1) is 27.5. The molecule has 0 aliphatic rings. The molecule has 0 aromatic heterocycles. The molecule has 2 aromatic carbocycles. The van der Waals surface area contributed by atoms with Crippen LogP contribution >= 0.6 is 0 Å². The van der Waals surface area contributed by atoms with Crippen molar-refractivity contribution in [1.29, 1.82) is 0 Å². The van der Waals surface area contributed by atoms with Gasteiger partial charge in [0.2, 0.25) is 12.6 Å². The Morgan fingerprint density at radius 1 is 0.771 bits per heavy atom. The van der Waals surface area contributed by atoms with Crippen LogP contribution in [0.4, 0.5) is 0 Å². The van der Waals surface area contributed by atoms with Gasteiger partial charge in [-0.05, 0) is 35.4 Å². The number of rotatable bonds is 14. The molecular weight excluding hydrogens is 460 g/mol. The fraction of sp³-hybridized carbons (Fsp3) is 0.280. The van der Waals surface area contributed by atoms with Crippen molar-refractivity contribution in [2.75, 3.05) is 13.2 Å². The summed E-state index contributed by atoms with van der Waals surface area (Å²) in [6, 6.07) is 14.2. The van der Waals surface area contributed by atoms with E-state index in [1.54, 1.807) is 24.3 Å². The third-order valence-electron chi connectivity index (χ3n) is 4.73. The van der Waals surface area contributed by atoms with E-state index in [-0.39, 0.29) is 13.2 Å². The topological polar surface area (TPSA) is 130 Å². The Labute approximate surface area is 202 Å². The average molecular weight is 488 g/mol. The molecule has 0 heterocycles. The molecule has 0 aliphatic carbocycles. The third kappa shape index (κ3) is 8.87. The summed E-state index contributed by atoms with van der Waals surface area (Å²) < 4.78 is 10.7. The molecular formula is C25H28O10. The number of benzene rings is 2. The molecule has 0 amide bonds. The van der Waals surface area contributed by atoms with Crippen molar-refractivity contribution in [3.63, 3.8) is 0 Å². The fourth-order valence-electron chi connectivity index (χ4n) is 2.82. The largest absolute Gasteiger partial charge is 0.462 e. The summed E-state index contributed by atoms with van der Waals surface area (Å²) >= 11 is 0. The molecule has 2 atom stereocenters. The van der Waals surface area contributed by atoms with E-state index in [0.29, 0.717) is 11.5 Å². The molecule has 2 rings (SSSR count). The van der Waals surface area contributed by atoms with Crippen LogP contribution in [0.25, 0.3) is 0 Å². The minimum absolute atomic E-state index is 0.373. The van der Waals surface area contributed by atoms with E-state index in [2.05, 4.69) is 32.7 Å². The maximum Gasteiger partial charge on any atom is 0.365 e. The van der Waals surface area contributed by atoms with E-state index >= 15 is 0 Å². The van der Waals surface area contributed by atoms with Gasteiger partial charge in [0, 0.05) is 17.6 Å². The number of aliphatic hydroxyl groups excluding tert-OH is 2. The summed E-state index contributed by atoms with van der Waals surface area (Å²) in [5.41, 5.74) is 1.56. The standard InChI is InChI=1S/C25H28O10/c1-5-21(26)34-30-15-23(28)32-19-11-7-17(8-12-19)25(3,4)18-9-13-20(14-10-18)33-24(29)16-31-35-22(27)6-2/h5-14,23-24,28-29H,1-2,15-16H2,3-4H3. The number of aliphatic hydroxyl groups is 2. The summed E-state index contributed by atoms with van der Waals surface area (Å²) in [5.74, 6) is -0.760. The van der Waals surface area contributed by atoms with Crippen LogP contribution in [0.15, 0.2) is 73.8 Å². The van der Waals surface area contributed by atoms with Crippen LogP contribution in [0.1, 0.15) is 25.0 Å². The summed E-state index contributed by atoms with van der Waals surface area (Å²) in [7, 11) is 0. The maximum atomic E-state index is 10.9. The lowest BCUT2D eigenvalue weighted by Gasteiger charge is -2.27. The van der Waals surface area contributed by atoms with Gasteiger partial charge in [0.25, 0.3) is 0 Å². The fourth-order valence-corrected chi connectivity index (χ4v) is 2.82. The lowest BCUT2D eigenvalue weighted by atomic mass is 9.78. The summed E-state index contributed by atoms with van der Waals surface area (Å²) in [4.78, 5) is 39.6. The summed E-state index contributed by atoms with van der Waals surface area (Å²) in [6.07, 6.45) is -0.819. The zero-order valence-corrected chi connectivity index (χ0v) is 19.4. The summed E-state index contributed by atoms with van der Waals surface area (Å²) in [5, 5.41) is 19.7. The highest BCUT2D eigenvalue weighted by atomic mass is 17.2. The van der Waals surface area contributed by atoms with Crippen LogP contribution in [0, 0.1) is 0 Å². The lowest BCUT2D eigenvalue weighted by molar-refractivity contribution is -0.289. The van der Waals surface area contributed by atoms with Crippen LogP contribution < -0.4 is 9.47 Å². The predicted octanol–water partition coefficient (Wildman–Crippen LogP) is 2.73. The number of ether oxygens (including phenoxy) is 2. The van der Waals surface area contributed by atoms with E-state index in [0.717, 1.165) is 23.3 Å². The van der Waals surface area contributed by atoms with Crippen LogP contribution in [0.5, 0.6) is 11.5 Å². The molecule has 35 heavy (non-hydrogen) atoms. The average Bonchev–Trinajstić information content (AvgIpc) is 2.84. The minimum Gasteiger partial charge on any atom is -0.462 e. The van der Waals surface area contributed by atoms with Gasteiger partial charge in [-0.15, -0.1) is 0 Å². The van der Waals surface area contributed by atoms with Gasteiger partial charge < -0.3 is 19.7 Å². The Bertz CT molecular complexity index is 903. The van der Waals surface area contributed by atoms with Gasteiger partial charge in [-0.1, -0.05) is 51.3 Å². The van der Waals surface area contributed by atoms with Crippen molar-refractivity contribution >= 4 is 11.9 Å². The molecule has 0 bridgehead atoms. The second-order valence-corrected chi connectivity index (χ2v) is 7.60. The van der Waals surface area contributed by atoms with Gasteiger partial charge in [-0.25, -0.2) is 9.59 Å². The van der Waals surface area contributed by atoms with Gasteiger partial charge in [-0.3, -0.25) is 9.78 Å². The minimum atomic E-state index is -1.34. The molecule has 10 heteroatoms. The number of carbonyl (C=O) groups excluding carboxylic acids is 2. The van der Waals surface area contributed by atoms with E-state index in [1.807, 2.05) is 38.1 Å². The van der Waals surface area contributed by atoms with Crippen molar-refractivity contribution in [2.45, 2.75) is 31.8 Å². The van der Waals surface area contributed by atoms with Crippen molar-refractivity contribution in [3.8, 4) is 11.5 Å². The quantitative estimate of drug-likeness (QED) is 0.177. The predicted molar refractivity (Wildman–Crippen MR) is 123 cm³/mol. The maximum absolute atomic E-state index is 10.9. The molecule has 0 spiro atoms. The van der Waals surface area contributed by atoms with E-state index in [9.17, 15) is 19.8 Å². The molecule has 0 fully saturated rings. The van der Waals surface area contributed by atoms with Gasteiger partial charge in [0.15, 0.2) is 13.2 Å². The molecule has 2 N–H and O–H groups in total. The number of hydrogen-bond acceptors (Lipinski definition) is 10. The Hall–Kier alpha value is -3.70. The van der Waals surface area contributed by atoms with Crippen LogP contribution in [-0.2, 0) is 34.6 Å². The number of hydrogen-bond donors (Lipinski definition) is 2. The second kappa shape index (κ2) is 13.3. The lowest BCUT2D eigenvalue weighted by Crippen LogP contribution is -2.24. The van der Waals surface area contributed by atoms with Crippen LogP contribution in [-0.4, -0.2) is 47.9 Å². The molecule has 2 aromatic rings. The molecule has 0 radical (unpaired) electrons. The third-order valence-corrected chi connectivity index (χ3v) is 4.73. The Morgan fingerprint density at radius 3 is 1.43 bits per heavy atom. The first-order valence-electron chi connectivity index (χ1n) is 10.5. The van der Waals surface area contributed by atoms with Crippen molar-refractivity contribution in [2.24, 2.45) is 0 Å². The van der Waals surface area contributed by atoms with Gasteiger partial charge in [-0.2, -0.15) is 9.78 Å². The van der Waals surface area contributed by atoms with Crippen molar-refractivity contribution in [3.05, 3.63) is 85.0 Å². The normalized spacial score (nSPS) is 12.7. The second-order valence-electron chi connectivity index (χ2n) is 7.60.